The monoisotopic (exact) mass is 355 g/mol. The van der Waals surface area contributed by atoms with E-state index in [-0.39, 0.29) is 22.0 Å². The van der Waals surface area contributed by atoms with Crippen molar-refractivity contribution in [3.63, 3.8) is 0 Å². The van der Waals surface area contributed by atoms with Crippen LogP contribution in [0.1, 0.15) is 15.2 Å². The summed E-state index contributed by atoms with van der Waals surface area (Å²) in [5.41, 5.74) is 0.192. The van der Waals surface area contributed by atoms with Gasteiger partial charge >= 0.3 is 0 Å². The van der Waals surface area contributed by atoms with Gasteiger partial charge in [0.05, 0.1) is 11.5 Å². The van der Waals surface area contributed by atoms with Gasteiger partial charge in [-0.05, 0) is 31.3 Å². The summed E-state index contributed by atoms with van der Waals surface area (Å²) in [6, 6.07) is 8.29. The van der Waals surface area contributed by atoms with Crippen molar-refractivity contribution in [1.82, 2.24) is 10.0 Å². The van der Waals surface area contributed by atoms with Gasteiger partial charge in [0.2, 0.25) is 10.0 Å². The van der Waals surface area contributed by atoms with Crippen LogP contribution in [0.3, 0.4) is 0 Å². The molecule has 2 rings (SSSR count). The van der Waals surface area contributed by atoms with Crippen molar-refractivity contribution in [1.29, 1.82) is 0 Å². The fraction of sp³-hybridized carbons (Fsp3) is 0.154. The van der Waals surface area contributed by atoms with E-state index < -0.39 is 20.9 Å². The average Bonchev–Trinajstić information content (AvgIpc) is 3.02. The molecule has 0 saturated heterocycles. The van der Waals surface area contributed by atoms with Crippen molar-refractivity contribution in [2.75, 3.05) is 7.05 Å². The van der Waals surface area contributed by atoms with Gasteiger partial charge < -0.3 is 5.32 Å². The van der Waals surface area contributed by atoms with Gasteiger partial charge in [-0.3, -0.25) is 14.9 Å². The second-order valence-corrected chi connectivity index (χ2v) is 7.70. The number of rotatable bonds is 6. The molecule has 0 bridgehead atoms. The first-order valence-corrected chi connectivity index (χ1v) is 8.68. The highest BCUT2D eigenvalue weighted by molar-refractivity contribution is 7.91. The van der Waals surface area contributed by atoms with Crippen LogP contribution in [0, 0.1) is 10.1 Å². The van der Waals surface area contributed by atoms with Crippen molar-refractivity contribution >= 4 is 33.0 Å². The van der Waals surface area contributed by atoms with Crippen molar-refractivity contribution in [3.8, 4) is 0 Å². The van der Waals surface area contributed by atoms with Crippen LogP contribution in [0.15, 0.2) is 40.6 Å². The van der Waals surface area contributed by atoms with Gasteiger partial charge in [-0.2, -0.15) is 0 Å². The van der Waals surface area contributed by atoms with Gasteiger partial charge in [-0.25, -0.2) is 13.1 Å². The molecule has 2 N–H and O–H groups in total. The van der Waals surface area contributed by atoms with E-state index in [0.717, 1.165) is 11.3 Å². The number of amides is 1. The molecule has 2 aromatic rings. The van der Waals surface area contributed by atoms with Gasteiger partial charge in [0, 0.05) is 22.6 Å². The van der Waals surface area contributed by atoms with Gasteiger partial charge in [0.25, 0.3) is 11.6 Å². The minimum absolute atomic E-state index is 0.0956. The first kappa shape index (κ1) is 17.1. The number of benzene rings is 1. The molecular weight excluding hydrogens is 342 g/mol. The van der Waals surface area contributed by atoms with E-state index in [1.54, 1.807) is 6.07 Å². The van der Waals surface area contributed by atoms with Crippen LogP contribution in [-0.2, 0) is 16.6 Å². The Morgan fingerprint density at radius 2 is 1.87 bits per heavy atom. The van der Waals surface area contributed by atoms with E-state index >= 15 is 0 Å². The number of hydrogen-bond donors (Lipinski definition) is 2. The summed E-state index contributed by atoms with van der Waals surface area (Å²) in [5, 5.41) is 13.2. The van der Waals surface area contributed by atoms with Gasteiger partial charge in [-0.1, -0.05) is 0 Å². The summed E-state index contributed by atoms with van der Waals surface area (Å²) in [5.74, 6) is -0.397. The summed E-state index contributed by atoms with van der Waals surface area (Å²) in [6.45, 7) is 0.166. The highest BCUT2D eigenvalue weighted by Crippen LogP contribution is 2.21. The Balaban J connectivity index is 2.01. The number of nitro groups is 1. The maximum Gasteiger partial charge on any atom is 0.269 e. The SMILES string of the molecule is CNS(=O)(=O)c1ccc(CNC(=O)c2ccc([N+](=O)[O-])cc2)s1. The number of carbonyl (C=O) groups excluding carboxylic acids is 1. The average molecular weight is 355 g/mol. The van der Waals surface area contributed by atoms with Gasteiger partial charge in [0.1, 0.15) is 4.21 Å². The van der Waals surface area contributed by atoms with Crippen molar-refractivity contribution in [3.05, 3.63) is 57.0 Å². The predicted octanol–water partition coefficient (Wildman–Crippen LogP) is 1.49. The number of carbonyl (C=O) groups is 1. The summed E-state index contributed by atoms with van der Waals surface area (Å²) in [4.78, 5) is 22.6. The van der Waals surface area contributed by atoms with Crippen LogP contribution in [0.5, 0.6) is 0 Å². The zero-order valence-electron chi connectivity index (χ0n) is 12.0. The van der Waals surface area contributed by atoms with Gasteiger partial charge in [-0.15, -0.1) is 11.3 Å². The molecule has 0 saturated carbocycles. The van der Waals surface area contributed by atoms with Gasteiger partial charge in [0.15, 0.2) is 0 Å². The third-order valence-electron chi connectivity index (χ3n) is 2.93. The molecule has 0 aliphatic heterocycles. The van der Waals surface area contributed by atoms with Crippen molar-refractivity contribution in [2.45, 2.75) is 10.8 Å². The molecule has 0 unspecified atom stereocenters. The zero-order chi connectivity index (χ0) is 17.0. The first-order chi connectivity index (χ1) is 10.8. The van der Waals surface area contributed by atoms with Crippen LogP contribution in [0.25, 0.3) is 0 Å². The van der Waals surface area contributed by atoms with E-state index in [2.05, 4.69) is 10.0 Å². The minimum atomic E-state index is -3.49. The maximum atomic E-state index is 12.0. The Hall–Kier alpha value is -2.30. The molecule has 0 spiro atoms. The molecule has 1 aromatic heterocycles. The normalized spacial score (nSPS) is 11.2. The molecule has 0 atom stereocenters. The van der Waals surface area contributed by atoms with E-state index in [0.29, 0.717) is 4.88 Å². The lowest BCUT2D eigenvalue weighted by molar-refractivity contribution is -0.384. The van der Waals surface area contributed by atoms with E-state index in [4.69, 9.17) is 0 Å². The lowest BCUT2D eigenvalue weighted by atomic mass is 10.2. The van der Waals surface area contributed by atoms with E-state index in [1.165, 1.54) is 37.4 Å². The molecule has 0 aliphatic rings. The summed E-state index contributed by atoms with van der Waals surface area (Å²) < 4.78 is 25.6. The number of non-ortho nitro benzene ring substituents is 1. The number of nitro benzene ring substituents is 1. The number of thiophene rings is 1. The van der Waals surface area contributed by atoms with Crippen LogP contribution >= 0.6 is 11.3 Å². The van der Waals surface area contributed by atoms with Crippen LogP contribution in [0.4, 0.5) is 5.69 Å². The number of sulfonamides is 1. The summed E-state index contributed by atoms with van der Waals surface area (Å²) in [7, 11) is -2.16. The summed E-state index contributed by atoms with van der Waals surface area (Å²) >= 11 is 1.05. The standard InChI is InChI=1S/C13H13N3O5S2/c1-14-23(20,21)12-7-6-11(22-12)8-15-13(17)9-2-4-10(5-3-9)16(18)19/h2-7,14H,8H2,1H3,(H,15,17). The van der Waals surface area contributed by atoms with Crippen LogP contribution < -0.4 is 10.0 Å². The number of nitrogens with zero attached hydrogens (tertiary/aromatic N) is 1. The highest BCUT2D eigenvalue weighted by atomic mass is 32.2. The molecular formula is C13H13N3O5S2. The molecule has 8 nitrogen and oxygen atoms in total. The Kier molecular flexibility index (Phi) is 5.08. The third-order valence-corrected chi connectivity index (χ3v) is 5.93. The second kappa shape index (κ2) is 6.86. The highest BCUT2D eigenvalue weighted by Gasteiger charge is 2.15. The fourth-order valence-electron chi connectivity index (χ4n) is 1.70. The predicted molar refractivity (Wildman–Crippen MR) is 84.8 cm³/mol. The second-order valence-electron chi connectivity index (χ2n) is 4.41. The zero-order valence-corrected chi connectivity index (χ0v) is 13.6. The largest absolute Gasteiger partial charge is 0.347 e. The Morgan fingerprint density at radius 3 is 2.43 bits per heavy atom. The summed E-state index contributed by atoms with van der Waals surface area (Å²) in [6.07, 6.45) is 0. The Bertz CT molecular complexity index is 828. The quantitative estimate of drug-likeness (QED) is 0.601. The third kappa shape index (κ3) is 4.12. The smallest absolute Gasteiger partial charge is 0.269 e. The van der Waals surface area contributed by atoms with Crippen molar-refractivity contribution in [2.24, 2.45) is 0 Å². The number of nitrogens with one attached hydrogen (secondary N) is 2. The molecule has 0 radical (unpaired) electrons. The molecule has 1 amide bonds. The Labute approximate surface area is 136 Å². The lowest BCUT2D eigenvalue weighted by Crippen LogP contribution is -2.22. The fourth-order valence-corrected chi connectivity index (χ4v) is 3.84. The minimum Gasteiger partial charge on any atom is -0.347 e. The molecule has 10 heteroatoms. The molecule has 1 heterocycles. The van der Waals surface area contributed by atoms with E-state index in [1.807, 2.05) is 0 Å². The van der Waals surface area contributed by atoms with Crippen LogP contribution in [0.2, 0.25) is 0 Å². The lowest BCUT2D eigenvalue weighted by Gasteiger charge is -2.03. The molecule has 0 fully saturated rings. The number of hydrogen-bond acceptors (Lipinski definition) is 6. The first-order valence-electron chi connectivity index (χ1n) is 6.38. The molecule has 0 aliphatic carbocycles. The van der Waals surface area contributed by atoms with Crippen molar-refractivity contribution < 1.29 is 18.1 Å². The molecule has 122 valence electrons. The molecule has 1 aromatic carbocycles. The van der Waals surface area contributed by atoms with Crippen LogP contribution in [-0.4, -0.2) is 26.3 Å². The topological polar surface area (TPSA) is 118 Å². The molecule has 23 heavy (non-hydrogen) atoms. The van der Waals surface area contributed by atoms with E-state index in [9.17, 15) is 23.3 Å². The maximum absolute atomic E-state index is 12.0. The Morgan fingerprint density at radius 1 is 1.22 bits per heavy atom.